The lowest BCUT2D eigenvalue weighted by molar-refractivity contribution is -0.147. The van der Waals surface area contributed by atoms with Crippen LogP contribution in [-0.2, 0) is 11.3 Å². The smallest absolute Gasteiger partial charge is 0.334 e. The number of carbonyl (C=O) groups is 1. The molecular weight excluding hydrogens is 358 g/mol. The number of carboxylic acid groups (broad SMARTS) is 1. The maximum atomic E-state index is 10.8. The molecule has 0 radical (unpaired) electrons. The van der Waals surface area contributed by atoms with E-state index in [4.69, 9.17) is 5.11 Å². The Kier molecular flexibility index (Phi) is 5.70. The molecule has 0 bridgehead atoms. The number of anilines is 2. The minimum absolute atomic E-state index is 0.109. The lowest BCUT2D eigenvalue weighted by Crippen LogP contribution is -2.25. The van der Waals surface area contributed by atoms with E-state index in [1.807, 2.05) is 31.2 Å². The molecule has 0 aliphatic rings. The van der Waals surface area contributed by atoms with Crippen LogP contribution in [0.15, 0.2) is 42.9 Å². The van der Waals surface area contributed by atoms with Gasteiger partial charge in [0.1, 0.15) is 0 Å². The van der Waals surface area contributed by atoms with Gasteiger partial charge in [-0.2, -0.15) is 5.10 Å². The number of hydrogen-bond acceptors (Lipinski definition) is 6. The van der Waals surface area contributed by atoms with Crippen molar-refractivity contribution >= 4 is 17.6 Å². The maximum absolute atomic E-state index is 10.8. The highest BCUT2D eigenvalue weighted by Crippen LogP contribution is 2.26. The molecular formula is C20H23N5O3. The lowest BCUT2D eigenvalue weighted by atomic mass is 10.1. The predicted molar refractivity (Wildman–Crippen MR) is 105 cm³/mol. The highest BCUT2D eigenvalue weighted by molar-refractivity contribution is 5.72. The number of nitrogens with one attached hydrogen (secondary N) is 1. The third kappa shape index (κ3) is 4.72. The second kappa shape index (κ2) is 8.18. The number of aryl methyl sites for hydroxylation is 1. The molecule has 0 saturated carbocycles. The summed E-state index contributed by atoms with van der Waals surface area (Å²) in [4.78, 5) is 19.6. The number of nitrogens with zero attached hydrogens (tertiary/aromatic N) is 4. The van der Waals surface area contributed by atoms with Gasteiger partial charge in [-0.3, -0.25) is 4.68 Å². The number of aliphatic carboxylic acids is 1. The van der Waals surface area contributed by atoms with Gasteiger partial charge in [-0.1, -0.05) is 19.9 Å². The SMILES string of the molecule is Cc1cc(Nc2nccc(C(C)C)n2)cc(-c2cnn(C[C@H](O)C(=O)O)c2)c1. The van der Waals surface area contributed by atoms with Crippen LogP contribution < -0.4 is 5.32 Å². The van der Waals surface area contributed by atoms with Gasteiger partial charge >= 0.3 is 5.97 Å². The van der Waals surface area contributed by atoms with Crippen LogP contribution in [0.1, 0.15) is 31.0 Å². The van der Waals surface area contributed by atoms with Gasteiger partial charge in [-0.15, -0.1) is 0 Å². The first kappa shape index (κ1) is 19.5. The molecule has 1 aromatic carbocycles. The van der Waals surface area contributed by atoms with Crippen LogP contribution in [-0.4, -0.2) is 42.0 Å². The summed E-state index contributed by atoms with van der Waals surface area (Å²) in [5.74, 6) is -0.436. The minimum Gasteiger partial charge on any atom is -0.479 e. The van der Waals surface area contributed by atoms with Gasteiger partial charge in [-0.25, -0.2) is 14.8 Å². The summed E-state index contributed by atoms with van der Waals surface area (Å²) >= 11 is 0. The van der Waals surface area contributed by atoms with Gasteiger partial charge in [0.2, 0.25) is 5.95 Å². The molecule has 0 amide bonds. The average molecular weight is 381 g/mol. The fourth-order valence-electron chi connectivity index (χ4n) is 2.77. The quantitative estimate of drug-likeness (QED) is 0.576. The molecule has 0 saturated heterocycles. The molecule has 0 aliphatic carbocycles. The zero-order chi connectivity index (χ0) is 20.3. The molecule has 146 valence electrons. The van der Waals surface area contributed by atoms with E-state index in [0.29, 0.717) is 11.9 Å². The summed E-state index contributed by atoms with van der Waals surface area (Å²) in [5, 5.41) is 25.7. The van der Waals surface area contributed by atoms with Crippen molar-refractivity contribution in [3.8, 4) is 11.1 Å². The van der Waals surface area contributed by atoms with Gasteiger partial charge < -0.3 is 15.5 Å². The third-order valence-electron chi connectivity index (χ3n) is 4.21. The summed E-state index contributed by atoms with van der Waals surface area (Å²) in [7, 11) is 0. The summed E-state index contributed by atoms with van der Waals surface area (Å²) < 4.78 is 1.42. The number of hydrogen-bond donors (Lipinski definition) is 3. The Morgan fingerprint density at radius 3 is 2.75 bits per heavy atom. The Morgan fingerprint density at radius 1 is 1.25 bits per heavy atom. The van der Waals surface area contributed by atoms with E-state index in [-0.39, 0.29) is 6.54 Å². The van der Waals surface area contributed by atoms with E-state index in [1.54, 1.807) is 18.6 Å². The number of aromatic nitrogens is 4. The first-order chi connectivity index (χ1) is 13.3. The molecule has 0 aliphatic heterocycles. The van der Waals surface area contributed by atoms with Gasteiger partial charge in [0, 0.05) is 29.3 Å². The molecule has 8 nitrogen and oxygen atoms in total. The van der Waals surface area contributed by atoms with Crippen LogP contribution >= 0.6 is 0 Å². The first-order valence-corrected chi connectivity index (χ1v) is 8.97. The van der Waals surface area contributed by atoms with Crippen molar-refractivity contribution in [2.75, 3.05) is 5.32 Å². The van der Waals surface area contributed by atoms with Gasteiger partial charge in [0.25, 0.3) is 0 Å². The van der Waals surface area contributed by atoms with E-state index in [0.717, 1.165) is 28.1 Å². The Morgan fingerprint density at radius 2 is 2.04 bits per heavy atom. The highest BCUT2D eigenvalue weighted by Gasteiger charge is 2.15. The molecule has 0 fully saturated rings. The molecule has 2 heterocycles. The van der Waals surface area contributed by atoms with Crippen LogP contribution in [0.4, 0.5) is 11.6 Å². The lowest BCUT2D eigenvalue weighted by Gasteiger charge is -2.10. The Balaban J connectivity index is 1.83. The molecule has 1 atom stereocenters. The predicted octanol–water partition coefficient (Wildman–Crippen LogP) is 2.96. The first-order valence-electron chi connectivity index (χ1n) is 8.97. The van der Waals surface area contributed by atoms with Crippen LogP contribution in [0.2, 0.25) is 0 Å². The standard InChI is InChI=1S/C20H23N5O3/c1-12(2)17-4-5-21-20(24-17)23-16-7-13(3)6-14(8-16)15-9-22-25(10-15)11-18(26)19(27)28/h4-10,12,18,26H,11H2,1-3H3,(H,27,28)(H,21,23,24)/t18-/m0/s1. The van der Waals surface area contributed by atoms with Crippen LogP contribution in [0.25, 0.3) is 11.1 Å². The van der Waals surface area contributed by atoms with Crippen molar-refractivity contribution in [2.45, 2.75) is 39.3 Å². The minimum atomic E-state index is -1.49. The third-order valence-corrected chi connectivity index (χ3v) is 4.21. The zero-order valence-corrected chi connectivity index (χ0v) is 16.0. The molecule has 8 heteroatoms. The van der Waals surface area contributed by atoms with E-state index in [9.17, 15) is 9.90 Å². The van der Waals surface area contributed by atoms with E-state index < -0.39 is 12.1 Å². The van der Waals surface area contributed by atoms with Crippen molar-refractivity contribution < 1.29 is 15.0 Å². The molecule has 3 N–H and O–H groups in total. The zero-order valence-electron chi connectivity index (χ0n) is 16.0. The summed E-state index contributed by atoms with van der Waals surface area (Å²) in [6.45, 7) is 6.03. The highest BCUT2D eigenvalue weighted by atomic mass is 16.4. The fourth-order valence-corrected chi connectivity index (χ4v) is 2.77. The van der Waals surface area contributed by atoms with Crippen LogP contribution in [0.3, 0.4) is 0 Å². The summed E-state index contributed by atoms with van der Waals surface area (Å²) in [6.07, 6.45) is 3.59. The Labute approximate surface area is 162 Å². The van der Waals surface area contributed by atoms with Crippen molar-refractivity contribution in [1.29, 1.82) is 0 Å². The number of benzene rings is 1. The number of aliphatic hydroxyl groups excluding tert-OH is 1. The van der Waals surface area contributed by atoms with Crippen molar-refractivity contribution in [3.63, 3.8) is 0 Å². The normalized spacial score (nSPS) is 12.2. The molecule has 0 unspecified atom stereocenters. The summed E-state index contributed by atoms with van der Waals surface area (Å²) in [5.41, 5.74) is 4.58. The largest absolute Gasteiger partial charge is 0.479 e. The van der Waals surface area contributed by atoms with Crippen LogP contribution in [0.5, 0.6) is 0 Å². The number of rotatable bonds is 7. The van der Waals surface area contributed by atoms with Crippen LogP contribution in [0, 0.1) is 6.92 Å². The van der Waals surface area contributed by atoms with Gasteiger partial charge in [0.15, 0.2) is 6.10 Å². The van der Waals surface area contributed by atoms with E-state index >= 15 is 0 Å². The fraction of sp³-hybridized carbons (Fsp3) is 0.300. The number of aliphatic hydroxyl groups is 1. The average Bonchev–Trinajstić information content (AvgIpc) is 3.10. The molecule has 3 aromatic rings. The molecule has 0 spiro atoms. The second-order valence-electron chi connectivity index (χ2n) is 6.98. The number of carboxylic acids is 1. The summed E-state index contributed by atoms with van der Waals surface area (Å²) in [6, 6.07) is 7.85. The van der Waals surface area contributed by atoms with E-state index in [2.05, 4.69) is 34.2 Å². The van der Waals surface area contributed by atoms with Gasteiger partial charge in [0.05, 0.1) is 12.7 Å². The van der Waals surface area contributed by atoms with Crippen molar-refractivity contribution in [3.05, 3.63) is 54.1 Å². The Hall–Kier alpha value is -3.26. The molecule has 28 heavy (non-hydrogen) atoms. The molecule has 3 rings (SSSR count). The van der Waals surface area contributed by atoms with Crippen molar-refractivity contribution in [1.82, 2.24) is 19.7 Å². The topological polar surface area (TPSA) is 113 Å². The monoisotopic (exact) mass is 381 g/mol. The molecule has 2 aromatic heterocycles. The van der Waals surface area contributed by atoms with Crippen molar-refractivity contribution in [2.24, 2.45) is 0 Å². The van der Waals surface area contributed by atoms with Gasteiger partial charge in [-0.05, 0) is 42.2 Å². The maximum Gasteiger partial charge on any atom is 0.334 e. The second-order valence-corrected chi connectivity index (χ2v) is 6.98. The van der Waals surface area contributed by atoms with E-state index in [1.165, 1.54) is 4.68 Å². The Bertz CT molecular complexity index is 983.